The molecule has 0 bridgehead atoms. The van der Waals surface area contributed by atoms with Crippen molar-refractivity contribution in [3.05, 3.63) is 378 Å². The number of hydrogen-bond donors (Lipinski definition) is 0. The van der Waals surface area contributed by atoms with E-state index in [1.165, 1.54) is 44.5 Å². The number of nitriles is 2. The van der Waals surface area contributed by atoms with Gasteiger partial charge < -0.3 is 9.67 Å². The summed E-state index contributed by atoms with van der Waals surface area (Å²) in [5.41, 5.74) is 25.3. The summed E-state index contributed by atoms with van der Waals surface area (Å²) in [5.74, 6) is 0. The Balaban J connectivity index is 0.000000160. The van der Waals surface area contributed by atoms with Gasteiger partial charge in [0.1, 0.15) is 6.07 Å². The molecule has 15 aromatic rings. The van der Waals surface area contributed by atoms with Gasteiger partial charge in [0.05, 0.1) is 60.6 Å². The molecule has 1 aromatic heterocycles. The molecular formula is C94H68ClFKN5O. The zero-order valence-electron chi connectivity index (χ0n) is 58.5. The third-order valence-electron chi connectivity index (χ3n) is 17.6. The van der Waals surface area contributed by atoms with Crippen molar-refractivity contribution in [2.75, 3.05) is 7.15 Å². The number of aromatic nitrogens is 1. The fraction of sp³-hybridized carbons (Fsp3) is 0.0638. The van der Waals surface area contributed by atoms with Gasteiger partial charge in [0.25, 0.3) is 0 Å². The molecule has 1 heterocycles. The zero-order chi connectivity index (χ0) is 71.8. The number of benzene rings is 14. The molecule has 9 heteroatoms. The van der Waals surface area contributed by atoms with E-state index in [2.05, 4.69) is 208 Å². The SMILES string of the molecule is CC(C)(C)[O-].[2H]CF.[C-]#[N+]c1c(-c2ccccc2)cc(-c2ccccc2)c(C#N)c1-n1c2ccc(-c3ccccc3)cc2c2cc(-c3ccccc3)ccc21.[C-]#[N+]c1c(-c2ccccc2)cc(-c2ccccc2)c(C#N)c1Cl.[K+].c1ccc(-c2ccc3c(c2)-c2cc(-c4ccccc4)ccc2C3)cc1. The van der Waals surface area contributed by atoms with Crippen molar-refractivity contribution >= 4 is 44.8 Å². The molecule has 6 nitrogen and oxygen atoms in total. The van der Waals surface area contributed by atoms with Crippen molar-refractivity contribution in [1.29, 1.82) is 10.5 Å². The Bertz CT molecular complexity index is 5330. The van der Waals surface area contributed by atoms with Gasteiger partial charge in [-0.1, -0.05) is 324 Å². The zero-order valence-corrected chi connectivity index (χ0v) is 61.4. The van der Waals surface area contributed by atoms with Gasteiger partial charge in [-0.15, -0.1) is 5.60 Å². The van der Waals surface area contributed by atoms with Crippen molar-refractivity contribution in [2.45, 2.75) is 32.8 Å². The molecule has 0 amide bonds. The predicted octanol–water partition coefficient (Wildman–Crippen LogP) is 22.3. The van der Waals surface area contributed by atoms with Gasteiger partial charge in [0, 0.05) is 10.8 Å². The number of nitrogens with zero attached hydrogens (tertiary/aromatic N) is 5. The topological polar surface area (TPSA) is 84.3 Å². The van der Waals surface area contributed by atoms with E-state index in [1.54, 1.807) is 20.8 Å². The smallest absolute Gasteiger partial charge is 0.850 e. The van der Waals surface area contributed by atoms with Crippen molar-refractivity contribution in [1.82, 2.24) is 4.57 Å². The molecule has 16 rings (SSSR count). The molecule has 1 aliphatic rings. The first-order valence-corrected chi connectivity index (χ1v) is 33.7. The average molecular weight is 1380 g/mol. The van der Waals surface area contributed by atoms with E-state index in [1.807, 2.05) is 146 Å². The molecule has 0 aliphatic heterocycles. The minimum absolute atomic E-state index is 0. The number of alkyl halides is 1. The maximum Gasteiger partial charge on any atom is 1.00 e. The van der Waals surface area contributed by atoms with Gasteiger partial charge in [-0.3, -0.25) is 4.39 Å². The summed E-state index contributed by atoms with van der Waals surface area (Å²) in [5, 5.41) is 32.8. The van der Waals surface area contributed by atoms with E-state index in [0.29, 0.717) is 28.2 Å². The molecule has 0 fully saturated rings. The number of hydrogen-bond acceptors (Lipinski definition) is 3. The minimum Gasteiger partial charge on any atom is -0.850 e. The normalized spacial score (nSPS) is 10.8. The summed E-state index contributed by atoms with van der Waals surface area (Å²) in [6, 6.07) is 117. The quantitative estimate of drug-likeness (QED) is 0.107. The number of rotatable bonds is 9. The van der Waals surface area contributed by atoms with Gasteiger partial charge in [-0.25, -0.2) is 9.69 Å². The van der Waals surface area contributed by atoms with Crippen LogP contribution in [-0.2, 0) is 6.42 Å². The second-order valence-electron chi connectivity index (χ2n) is 25.3. The van der Waals surface area contributed by atoms with Crippen LogP contribution in [0.25, 0.3) is 137 Å². The third kappa shape index (κ3) is 16.4. The fourth-order valence-electron chi connectivity index (χ4n) is 13.0. The maximum atomic E-state index is 10.9. The van der Waals surface area contributed by atoms with Crippen LogP contribution in [0.3, 0.4) is 0 Å². The number of fused-ring (bicyclic) bond motifs is 6. The first kappa shape index (κ1) is 71.5. The van der Waals surface area contributed by atoms with Crippen LogP contribution in [0.2, 0.25) is 5.02 Å². The van der Waals surface area contributed by atoms with Gasteiger partial charge in [-0.05, 0) is 154 Å². The summed E-state index contributed by atoms with van der Waals surface area (Å²) < 4.78 is 17.6. The first-order valence-electron chi connectivity index (χ1n) is 34.0. The van der Waals surface area contributed by atoms with E-state index in [0.717, 1.165) is 95.0 Å². The van der Waals surface area contributed by atoms with Crippen LogP contribution in [0.15, 0.2) is 328 Å². The van der Waals surface area contributed by atoms with Gasteiger partial charge >= 0.3 is 51.4 Å². The summed E-state index contributed by atoms with van der Waals surface area (Å²) >= 11 is 6.38. The van der Waals surface area contributed by atoms with Crippen molar-refractivity contribution < 1.29 is 62.3 Å². The summed E-state index contributed by atoms with van der Waals surface area (Å²) in [4.78, 5) is 7.72. The van der Waals surface area contributed by atoms with Crippen LogP contribution in [0.1, 0.15) is 44.4 Å². The molecule has 0 unspecified atom stereocenters. The first-order chi connectivity index (χ1) is 50.3. The largest absolute Gasteiger partial charge is 1.00 e. The molecule has 0 atom stereocenters. The predicted molar refractivity (Wildman–Crippen MR) is 419 cm³/mol. The van der Waals surface area contributed by atoms with E-state index >= 15 is 0 Å². The van der Waals surface area contributed by atoms with E-state index < -0.39 is 12.8 Å². The molecular weight excluding hydrogens is 1310 g/mol. The second kappa shape index (κ2) is 33.9. The van der Waals surface area contributed by atoms with E-state index in [4.69, 9.17) is 26.1 Å². The van der Waals surface area contributed by atoms with E-state index in [9.17, 15) is 20.0 Å². The molecule has 490 valence electrons. The number of halogens is 2. The molecule has 0 radical (unpaired) electrons. The third-order valence-corrected chi connectivity index (χ3v) is 18.0. The van der Waals surface area contributed by atoms with Crippen LogP contribution >= 0.6 is 11.6 Å². The molecule has 103 heavy (non-hydrogen) atoms. The van der Waals surface area contributed by atoms with Crippen molar-refractivity contribution in [3.8, 4) is 118 Å². The van der Waals surface area contributed by atoms with E-state index in [-0.39, 0.29) is 56.4 Å². The standard InChI is InChI=1S/C44H27N3.C25H18.C20H11ClN2.C4H9O.CH3F.K/c1-46-43-37(33-20-12-5-13-21-33)28-36(32-18-10-4-11-19-32)40(29-45)44(43)47-41-24-22-34(30-14-6-2-7-15-30)26-38(41)39-27-35(23-25-42(39)47)31-16-8-3-9-17-31;1-3-7-18(8-4-1)20-11-13-22-15-23-14-12-21(17-25(23)24(22)16-20)19-9-5-2-6-10-19;1-23-20-17(15-10-6-3-7-11-15)12-16(18(13-22)19(20)21)14-8-4-2-5-9-14;1-4(2,3)5;1-2;/h2-28H;1-14,16-17H,15H2;2-12H;1-3H3;1H3;/q;;;-1;;+1/i;;;;1D;. The van der Waals surface area contributed by atoms with Crippen molar-refractivity contribution in [2.24, 2.45) is 0 Å². The van der Waals surface area contributed by atoms with Gasteiger partial charge in [0.2, 0.25) is 11.4 Å². The van der Waals surface area contributed by atoms with Crippen LogP contribution < -0.4 is 56.5 Å². The Kier molecular flexibility index (Phi) is 23.5. The van der Waals surface area contributed by atoms with Crippen LogP contribution in [0.5, 0.6) is 0 Å². The molecule has 0 spiro atoms. The van der Waals surface area contributed by atoms with Crippen LogP contribution in [-0.4, -0.2) is 17.3 Å². The second-order valence-corrected chi connectivity index (χ2v) is 25.6. The van der Waals surface area contributed by atoms with Crippen LogP contribution in [0.4, 0.5) is 15.8 Å². The molecule has 14 aromatic carbocycles. The van der Waals surface area contributed by atoms with Crippen molar-refractivity contribution in [3.63, 3.8) is 0 Å². The Morgan fingerprint density at radius 3 is 0.971 bits per heavy atom. The molecule has 1 aliphatic carbocycles. The van der Waals surface area contributed by atoms with Crippen LogP contribution in [0, 0.1) is 35.8 Å². The van der Waals surface area contributed by atoms with Gasteiger partial charge in [0.15, 0.2) is 0 Å². The maximum absolute atomic E-state index is 10.9. The molecule has 0 saturated carbocycles. The van der Waals surface area contributed by atoms with Gasteiger partial charge in [-0.2, -0.15) is 10.5 Å². The molecule has 0 N–H and O–H groups in total. The summed E-state index contributed by atoms with van der Waals surface area (Å²) in [6.07, 6.45) is 1.04. The molecule has 0 saturated heterocycles. The Morgan fingerprint density at radius 1 is 0.388 bits per heavy atom. The summed E-state index contributed by atoms with van der Waals surface area (Å²) in [6.45, 7) is 20.9. The Labute approximate surface area is 651 Å². The Morgan fingerprint density at radius 2 is 0.660 bits per heavy atom. The summed E-state index contributed by atoms with van der Waals surface area (Å²) in [7, 11) is -1.00. The monoisotopic (exact) mass is 1380 g/mol. The Hall–Kier alpha value is -11.3. The minimum atomic E-state index is -1.00. The fourth-order valence-corrected chi connectivity index (χ4v) is 13.3. The average Bonchev–Trinajstić information content (AvgIpc) is 1.46.